The van der Waals surface area contributed by atoms with Crippen molar-refractivity contribution in [2.45, 2.75) is 65.1 Å². The first-order chi connectivity index (χ1) is 16.0. The molecule has 1 fully saturated rings. The van der Waals surface area contributed by atoms with Gasteiger partial charge in [0.05, 0.1) is 26.4 Å². The number of carbonyl (C=O) groups excluding carboxylic acids is 3. The third kappa shape index (κ3) is 6.85. The highest BCUT2D eigenvalue weighted by molar-refractivity contribution is 5.87. The minimum atomic E-state index is -0.943. The molecule has 1 aliphatic heterocycles. The largest absolute Gasteiger partial charge is 0.493 e. The minimum Gasteiger partial charge on any atom is -0.493 e. The van der Waals surface area contributed by atoms with Crippen molar-refractivity contribution in [1.82, 2.24) is 4.90 Å². The summed E-state index contributed by atoms with van der Waals surface area (Å²) < 4.78 is 27.2. The number of nitrogens with zero attached hydrogens (tertiary/aromatic N) is 1. The Morgan fingerprint density at radius 2 is 1.79 bits per heavy atom. The molecule has 0 spiro atoms. The molecule has 0 N–H and O–H groups in total. The fourth-order valence-corrected chi connectivity index (χ4v) is 4.03. The van der Waals surface area contributed by atoms with Crippen molar-refractivity contribution >= 4 is 17.8 Å². The molecule has 1 aromatic rings. The van der Waals surface area contributed by atoms with Gasteiger partial charge in [-0.3, -0.25) is 9.69 Å². The van der Waals surface area contributed by atoms with E-state index >= 15 is 0 Å². The lowest BCUT2D eigenvalue weighted by molar-refractivity contribution is -0.148. The summed E-state index contributed by atoms with van der Waals surface area (Å²) in [6, 6.07) is 3.57. The molecule has 0 saturated carbocycles. The first-order valence-corrected chi connectivity index (χ1v) is 11.5. The van der Waals surface area contributed by atoms with Gasteiger partial charge in [-0.1, -0.05) is 6.07 Å². The van der Waals surface area contributed by atoms with Crippen LogP contribution in [0.25, 0.3) is 0 Å². The Morgan fingerprint density at radius 1 is 1.09 bits per heavy atom. The molecule has 1 heterocycles. The number of benzene rings is 1. The quantitative estimate of drug-likeness (QED) is 0.368. The summed E-state index contributed by atoms with van der Waals surface area (Å²) in [6.45, 7) is 9.51. The number of esters is 1. The van der Waals surface area contributed by atoms with Crippen LogP contribution in [0.15, 0.2) is 18.2 Å². The zero-order valence-electron chi connectivity index (χ0n) is 21.2. The zero-order chi connectivity index (χ0) is 25.5. The number of carbonyl (C=O) groups is 3. The fourth-order valence-electron chi connectivity index (χ4n) is 4.03. The van der Waals surface area contributed by atoms with Crippen LogP contribution in [-0.2, 0) is 23.8 Å². The van der Waals surface area contributed by atoms with E-state index in [2.05, 4.69) is 0 Å². The second-order valence-corrected chi connectivity index (χ2v) is 9.16. The minimum absolute atomic E-state index is 0.135. The number of methoxy groups -OCH3 is 2. The van der Waals surface area contributed by atoms with E-state index in [1.54, 1.807) is 53.0 Å². The molecule has 9 nitrogen and oxygen atoms in total. The SMILES string of the molecule is CCOC(=O)[C@H]1C[C@@H](C(C)=O)C(c2ccc(OC)c(OCCCOC)c2)N1C(=O)OC(C)(C)C. The van der Waals surface area contributed by atoms with Crippen LogP contribution in [0.1, 0.15) is 59.1 Å². The van der Waals surface area contributed by atoms with Crippen LogP contribution in [0.2, 0.25) is 0 Å². The van der Waals surface area contributed by atoms with E-state index in [-0.39, 0.29) is 18.8 Å². The summed E-state index contributed by atoms with van der Waals surface area (Å²) >= 11 is 0. The molecule has 9 heteroatoms. The van der Waals surface area contributed by atoms with Gasteiger partial charge in [0.1, 0.15) is 17.4 Å². The molecule has 1 aliphatic rings. The second kappa shape index (κ2) is 12.1. The molecule has 2 rings (SSSR count). The van der Waals surface area contributed by atoms with Crippen molar-refractivity contribution in [3.05, 3.63) is 23.8 Å². The Balaban J connectivity index is 2.52. The van der Waals surface area contributed by atoms with E-state index < -0.39 is 35.7 Å². The molecule has 3 atom stereocenters. The van der Waals surface area contributed by atoms with Gasteiger partial charge in [-0.25, -0.2) is 9.59 Å². The topological polar surface area (TPSA) is 101 Å². The third-order valence-corrected chi connectivity index (χ3v) is 5.46. The lowest BCUT2D eigenvalue weighted by Gasteiger charge is -2.33. The van der Waals surface area contributed by atoms with Crippen LogP contribution in [0.3, 0.4) is 0 Å². The van der Waals surface area contributed by atoms with Crippen LogP contribution in [0.5, 0.6) is 11.5 Å². The van der Waals surface area contributed by atoms with Crippen molar-refractivity contribution < 1.29 is 38.1 Å². The van der Waals surface area contributed by atoms with Gasteiger partial charge in [0.2, 0.25) is 0 Å². The van der Waals surface area contributed by atoms with Crippen molar-refractivity contribution in [1.29, 1.82) is 0 Å². The van der Waals surface area contributed by atoms with Gasteiger partial charge >= 0.3 is 12.1 Å². The van der Waals surface area contributed by atoms with Crippen LogP contribution in [0.4, 0.5) is 4.79 Å². The van der Waals surface area contributed by atoms with E-state index in [1.165, 1.54) is 18.9 Å². The summed E-state index contributed by atoms with van der Waals surface area (Å²) in [7, 11) is 3.16. The number of rotatable bonds is 10. The van der Waals surface area contributed by atoms with Gasteiger partial charge < -0.3 is 23.7 Å². The summed E-state index contributed by atoms with van der Waals surface area (Å²) in [5.41, 5.74) is -0.148. The molecule has 0 aromatic heterocycles. The zero-order valence-corrected chi connectivity index (χ0v) is 21.2. The van der Waals surface area contributed by atoms with Crippen LogP contribution in [-0.4, -0.2) is 68.4 Å². The van der Waals surface area contributed by atoms with Crippen molar-refractivity contribution in [2.75, 3.05) is 34.0 Å². The van der Waals surface area contributed by atoms with Gasteiger partial charge in [0, 0.05) is 26.1 Å². The Kier molecular flexibility index (Phi) is 9.73. The Bertz CT molecular complexity index is 863. The molecule has 1 saturated heterocycles. The van der Waals surface area contributed by atoms with Crippen molar-refractivity contribution in [3.63, 3.8) is 0 Å². The monoisotopic (exact) mass is 479 g/mol. The summed E-state index contributed by atoms with van der Waals surface area (Å²) in [5.74, 6) is -0.321. The van der Waals surface area contributed by atoms with Crippen LogP contribution >= 0.6 is 0 Å². The number of ketones is 1. The van der Waals surface area contributed by atoms with Gasteiger partial charge in [0.25, 0.3) is 0 Å². The Morgan fingerprint density at radius 3 is 2.35 bits per heavy atom. The van der Waals surface area contributed by atoms with Gasteiger partial charge in [-0.2, -0.15) is 0 Å². The summed E-state index contributed by atoms with van der Waals surface area (Å²) in [4.78, 5) is 40.1. The Hall–Kier alpha value is -2.81. The van der Waals surface area contributed by atoms with Crippen LogP contribution < -0.4 is 9.47 Å². The lowest BCUT2D eigenvalue weighted by atomic mass is 9.90. The number of likely N-dealkylation sites (tertiary alicyclic amines) is 1. The number of amides is 1. The molecule has 0 aliphatic carbocycles. The molecule has 1 aromatic carbocycles. The average Bonchev–Trinajstić information content (AvgIpc) is 3.17. The van der Waals surface area contributed by atoms with Gasteiger partial charge in [-0.15, -0.1) is 0 Å². The van der Waals surface area contributed by atoms with E-state index in [4.69, 9.17) is 23.7 Å². The highest BCUT2D eigenvalue weighted by Gasteiger charge is 2.51. The lowest BCUT2D eigenvalue weighted by Crippen LogP contribution is -2.45. The second-order valence-electron chi connectivity index (χ2n) is 9.16. The number of Topliss-reactive ketones (excluding diaryl/α,β-unsaturated/α-hetero) is 1. The van der Waals surface area contributed by atoms with Gasteiger partial charge in [0.15, 0.2) is 11.5 Å². The Labute approximate surface area is 201 Å². The standard InChI is InChI=1S/C25H37NO8/c1-8-32-23(28)19-15-18(16(2)27)22(26(19)24(29)34-25(3,4)5)17-10-11-20(31-7)21(14-17)33-13-9-12-30-6/h10-11,14,18-19,22H,8-9,12-13,15H2,1-7H3/t18-,19+,22?/m0/s1. The molecule has 0 radical (unpaired) electrons. The molecular formula is C25H37NO8. The van der Waals surface area contributed by atoms with Gasteiger partial charge in [-0.05, 0) is 58.7 Å². The van der Waals surface area contributed by atoms with E-state index in [1.807, 2.05) is 0 Å². The van der Waals surface area contributed by atoms with Crippen molar-refractivity contribution in [3.8, 4) is 11.5 Å². The summed E-state index contributed by atoms with van der Waals surface area (Å²) in [6.07, 6.45) is 0.143. The highest BCUT2D eigenvalue weighted by atomic mass is 16.6. The highest BCUT2D eigenvalue weighted by Crippen LogP contribution is 2.45. The maximum Gasteiger partial charge on any atom is 0.411 e. The number of ether oxygens (including phenoxy) is 5. The van der Waals surface area contributed by atoms with E-state index in [0.717, 1.165) is 0 Å². The van der Waals surface area contributed by atoms with Crippen LogP contribution in [0, 0.1) is 5.92 Å². The maximum absolute atomic E-state index is 13.3. The fraction of sp³-hybridized carbons (Fsp3) is 0.640. The average molecular weight is 480 g/mol. The molecule has 34 heavy (non-hydrogen) atoms. The van der Waals surface area contributed by atoms with E-state index in [0.29, 0.717) is 36.7 Å². The molecule has 190 valence electrons. The molecule has 1 amide bonds. The third-order valence-electron chi connectivity index (χ3n) is 5.46. The van der Waals surface area contributed by atoms with E-state index in [9.17, 15) is 14.4 Å². The van der Waals surface area contributed by atoms with Crippen molar-refractivity contribution in [2.24, 2.45) is 5.92 Å². The molecule has 1 unspecified atom stereocenters. The maximum atomic E-state index is 13.3. The predicted molar refractivity (Wildman–Crippen MR) is 125 cm³/mol. The number of hydrogen-bond acceptors (Lipinski definition) is 8. The predicted octanol–water partition coefficient (Wildman–Crippen LogP) is 3.93. The smallest absolute Gasteiger partial charge is 0.411 e. The number of hydrogen-bond donors (Lipinski definition) is 0. The molecule has 0 bridgehead atoms. The first kappa shape index (κ1) is 27.4. The normalized spacial score (nSPS) is 20.1. The first-order valence-electron chi connectivity index (χ1n) is 11.5. The molecular weight excluding hydrogens is 442 g/mol. The summed E-state index contributed by atoms with van der Waals surface area (Å²) in [5, 5.41) is 0.